The van der Waals surface area contributed by atoms with Crippen molar-refractivity contribution in [1.82, 2.24) is 4.98 Å². The second kappa shape index (κ2) is 20.0. The van der Waals surface area contributed by atoms with Crippen LogP contribution in [-0.4, -0.2) is 36.4 Å². The van der Waals surface area contributed by atoms with Crippen LogP contribution in [-0.2, 0) is 15.9 Å². The monoisotopic (exact) mass is 625 g/mol. The first-order chi connectivity index (χ1) is 21.8. The van der Waals surface area contributed by atoms with Crippen LogP contribution in [0.15, 0.2) is 66.9 Å². The number of nitrogens with zero attached hydrogens (tertiary/aromatic N) is 1. The van der Waals surface area contributed by atoms with Gasteiger partial charge in [-0.15, -0.1) is 0 Å². The number of aromatic nitrogens is 1. The van der Waals surface area contributed by atoms with Crippen molar-refractivity contribution in [1.29, 1.82) is 0 Å². The first kappa shape index (κ1) is 36.3. The zero-order valence-electron chi connectivity index (χ0n) is 27.0. The molecule has 3 rings (SSSR count). The van der Waals surface area contributed by atoms with Crippen molar-refractivity contribution in [3.63, 3.8) is 0 Å². The number of pyridine rings is 1. The highest BCUT2D eigenvalue weighted by Crippen LogP contribution is 2.25. The molecular formula is C38H50F3NO3. The third-order valence-corrected chi connectivity index (χ3v) is 8.14. The van der Waals surface area contributed by atoms with Gasteiger partial charge in [0.15, 0.2) is 6.10 Å². The van der Waals surface area contributed by atoms with Gasteiger partial charge in [-0.3, -0.25) is 4.98 Å². The summed E-state index contributed by atoms with van der Waals surface area (Å²) in [5.74, 6) is -0.390. The first-order valence-corrected chi connectivity index (χ1v) is 16.8. The van der Waals surface area contributed by atoms with Gasteiger partial charge in [-0.25, -0.2) is 4.79 Å². The lowest BCUT2D eigenvalue weighted by Crippen LogP contribution is -2.28. The van der Waals surface area contributed by atoms with Crippen LogP contribution in [0.5, 0.6) is 0 Å². The normalized spacial score (nSPS) is 12.3. The maximum atomic E-state index is 12.4. The molecule has 1 unspecified atom stereocenters. The number of carbonyl (C=O) groups excluding carboxylic acids is 1. The minimum atomic E-state index is -4.33. The number of ether oxygens (including phenoxy) is 2. The number of hydrogen-bond acceptors (Lipinski definition) is 4. The van der Waals surface area contributed by atoms with Gasteiger partial charge in [-0.2, -0.15) is 13.2 Å². The van der Waals surface area contributed by atoms with E-state index in [0.29, 0.717) is 24.8 Å². The minimum absolute atomic E-state index is 0.0671. The highest BCUT2D eigenvalue weighted by Gasteiger charge is 2.36. The van der Waals surface area contributed by atoms with Crippen molar-refractivity contribution in [3.8, 4) is 22.4 Å². The molecule has 0 spiro atoms. The molecule has 0 fully saturated rings. The van der Waals surface area contributed by atoms with E-state index in [0.717, 1.165) is 42.1 Å². The van der Waals surface area contributed by atoms with Gasteiger partial charge in [-0.1, -0.05) is 107 Å². The van der Waals surface area contributed by atoms with Gasteiger partial charge in [0.05, 0.1) is 17.9 Å². The molecule has 0 saturated carbocycles. The Labute approximate surface area is 267 Å². The molecular weight excluding hydrogens is 575 g/mol. The molecule has 7 heteroatoms. The fourth-order valence-electron chi connectivity index (χ4n) is 5.18. The van der Waals surface area contributed by atoms with E-state index in [1.807, 2.05) is 30.5 Å². The van der Waals surface area contributed by atoms with Crippen LogP contribution in [0.4, 0.5) is 13.2 Å². The number of carbonyl (C=O) groups is 1. The van der Waals surface area contributed by atoms with E-state index in [4.69, 9.17) is 9.47 Å². The zero-order valence-corrected chi connectivity index (χ0v) is 27.0. The maximum absolute atomic E-state index is 12.4. The van der Waals surface area contributed by atoms with Crippen LogP contribution in [0.1, 0.15) is 113 Å². The molecule has 45 heavy (non-hydrogen) atoms. The Morgan fingerprint density at radius 3 is 1.84 bits per heavy atom. The summed E-state index contributed by atoms with van der Waals surface area (Å²) >= 11 is 0. The van der Waals surface area contributed by atoms with Gasteiger partial charge in [0.2, 0.25) is 0 Å². The van der Waals surface area contributed by atoms with E-state index in [1.54, 1.807) is 12.1 Å². The van der Waals surface area contributed by atoms with Gasteiger partial charge in [-0.05, 0) is 68.4 Å². The number of halogens is 3. The molecule has 0 radical (unpaired) electrons. The molecule has 0 aliphatic carbocycles. The quantitative estimate of drug-likeness (QED) is 0.0873. The molecule has 246 valence electrons. The lowest BCUT2D eigenvalue weighted by atomic mass is 10.0. The van der Waals surface area contributed by atoms with E-state index in [9.17, 15) is 18.0 Å². The van der Waals surface area contributed by atoms with Crippen molar-refractivity contribution >= 4 is 5.97 Å². The first-order valence-electron chi connectivity index (χ1n) is 16.8. The van der Waals surface area contributed by atoms with Crippen LogP contribution >= 0.6 is 0 Å². The molecule has 0 saturated heterocycles. The van der Waals surface area contributed by atoms with Crippen molar-refractivity contribution in [3.05, 3.63) is 78.0 Å². The van der Waals surface area contributed by atoms with E-state index >= 15 is 0 Å². The van der Waals surface area contributed by atoms with E-state index < -0.39 is 18.2 Å². The van der Waals surface area contributed by atoms with E-state index in [1.165, 1.54) is 63.4 Å². The van der Waals surface area contributed by atoms with Gasteiger partial charge >= 0.3 is 12.1 Å². The number of rotatable bonds is 21. The molecule has 0 aliphatic rings. The third-order valence-electron chi connectivity index (χ3n) is 8.14. The number of hydrogen-bond donors (Lipinski definition) is 0. The molecule has 1 aromatic heterocycles. The number of benzene rings is 2. The number of esters is 1. The van der Waals surface area contributed by atoms with Crippen LogP contribution in [0.2, 0.25) is 0 Å². The highest BCUT2D eigenvalue weighted by molar-refractivity contribution is 5.90. The summed E-state index contributed by atoms with van der Waals surface area (Å²) in [6, 6.07) is 20.1. The second-order valence-electron chi connectivity index (χ2n) is 11.9. The standard InChI is InChI=1S/C38H50F3NO3/c1-3-4-5-6-7-8-9-10-13-16-31-17-19-33(20-18-31)36-26-25-35(29-42-36)32-21-23-34(24-22-32)37(43)45-28-15-12-11-14-27-44-30(2)38(39,40)41/h17-26,29-30H,3-16,27-28H2,1-2H3. The Bertz CT molecular complexity index is 1230. The third kappa shape index (κ3) is 13.8. The molecule has 0 amide bonds. The van der Waals surface area contributed by atoms with Gasteiger partial charge in [0.1, 0.15) is 0 Å². The summed E-state index contributed by atoms with van der Waals surface area (Å²) in [5, 5.41) is 0. The number of unbranched alkanes of at least 4 members (excludes halogenated alkanes) is 11. The van der Waals surface area contributed by atoms with Crippen molar-refractivity contribution in [2.45, 2.75) is 116 Å². The average Bonchev–Trinajstić information content (AvgIpc) is 3.05. The average molecular weight is 626 g/mol. The smallest absolute Gasteiger partial charge is 0.414 e. The van der Waals surface area contributed by atoms with E-state index in [-0.39, 0.29) is 13.2 Å². The maximum Gasteiger partial charge on any atom is 0.414 e. The van der Waals surface area contributed by atoms with Gasteiger partial charge < -0.3 is 9.47 Å². The Balaban J connectivity index is 1.34. The van der Waals surface area contributed by atoms with Crippen LogP contribution in [0, 0.1) is 0 Å². The highest BCUT2D eigenvalue weighted by atomic mass is 19.4. The topological polar surface area (TPSA) is 48.4 Å². The van der Waals surface area contributed by atoms with Crippen molar-refractivity contribution in [2.24, 2.45) is 0 Å². The Morgan fingerprint density at radius 2 is 1.24 bits per heavy atom. The fourth-order valence-corrected chi connectivity index (χ4v) is 5.18. The largest absolute Gasteiger partial charge is 0.462 e. The Hall–Kier alpha value is -3.19. The SMILES string of the molecule is CCCCCCCCCCCc1ccc(-c2ccc(-c3ccc(C(=O)OCCCCCCOC(C)C(F)(F)F)cc3)cn2)cc1. The molecule has 0 N–H and O–H groups in total. The molecule has 0 bridgehead atoms. The lowest BCUT2D eigenvalue weighted by Gasteiger charge is -2.16. The summed E-state index contributed by atoms with van der Waals surface area (Å²) in [6.45, 7) is 3.61. The number of aryl methyl sites for hydroxylation is 1. The minimum Gasteiger partial charge on any atom is -0.462 e. The van der Waals surface area contributed by atoms with Gasteiger partial charge in [0.25, 0.3) is 0 Å². The predicted octanol–water partition coefficient (Wildman–Crippen LogP) is 11.2. The van der Waals surface area contributed by atoms with Gasteiger partial charge in [0, 0.05) is 23.9 Å². The molecule has 4 nitrogen and oxygen atoms in total. The summed E-state index contributed by atoms with van der Waals surface area (Å²) in [6.07, 6.45) is 11.6. The van der Waals surface area contributed by atoms with Crippen molar-refractivity contribution in [2.75, 3.05) is 13.2 Å². The molecule has 1 atom stereocenters. The summed E-state index contributed by atoms with van der Waals surface area (Å²) in [5.41, 5.74) is 5.80. The predicted molar refractivity (Wildman–Crippen MR) is 176 cm³/mol. The lowest BCUT2D eigenvalue weighted by molar-refractivity contribution is -0.214. The Kier molecular flexibility index (Phi) is 16.2. The Morgan fingerprint density at radius 1 is 0.689 bits per heavy atom. The van der Waals surface area contributed by atoms with Crippen molar-refractivity contribution < 1.29 is 27.4 Å². The summed E-state index contributed by atoms with van der Waals surface area (Å²) in [4.78, 5) is 17.1. The zero-order chi connectivity index (χ0) is 32.3. The van der Waals surface area contributed by atoms with Crippen LogP contribution in [0.25, 0.3) is 22.4 Å². The summed E-state index contributed by atoms with van der Waals surface area (Å²) < 4.78 is 47.4. The second-order valence-corrected chi connectivity index (χ2v) is 11.9. The van der Waals surface area contributed by atoms with Crippen LogP contribution in [0.3, 0.4) is 0 Å². The van der Waals surface area contributed by atoms with Crippen LogP contribution < -0.4 is 0 Å². The number of alkyl halides is 3. The molecule has 0 aliphatic heterocycles. The van der Waals surface area contributed by atoms with E-state index in [2.05, 4.69) is 36.2 Å². The molecule has 3 aromatic rings. The fraction of sp³-hybridized carbons (Fsp3) is 0.526. The molecule has 1 heterocycles. The summed E-state index contributed by atoms with van der Waals surface area (Å²) in [7, 11) is 0. The molecule has 2 aromatic carbocycles.